The topological polar surface area (TPSA) is 87.9 Å². The van der Waals surface area contributed by atoms with Crippen molar-refractivity contribution < 1.29 is 9.53 Å². The molecular formula is C18H17ClN4O2. The van der Waals surface area contributed by atoms with Crippen molar-refractivity contribution in [1.82, 2.24) is 15.3 Å². The van der Waals surface area contributed by atoms with E-state index >= 15 is 0 Å². The number of ether oxygens (including phenoxy) is 1. The second-order valence-corrected chi connectivity index (χ2v) is 6.91. The smallest absolute Gasteiger partial charge is 0.390 e. The molecule has 0 bridgehead atoms. The normalized spacial score (nSPS) is 13.8. The number of hydrogen-bond acceptors (Lipinski definition) is 5. The van der Waals surface area contributed by atoms with Crippen molar-refractivity contribution >= 4 is 17.7 Å². The fourth-order valence-electron chi connectivity index (χ4n) is 2.34. The molecule has 1 heterocycles. The van der Waals surface area contributed by atoms with E-state index in [4.69, 9.17) is 21.6 Å². The summed E-state index contributed by atoms with van der Waals surface area (Å²) < 4.78 is 5.19. The zero-order chi connectivity index (χ0) is 18.0. The number of aromatic nitrogens is 2. The number of rotatable bonds is 4. The predicted molar refractivity (Wildman–Crippen MR) is 93.3 cm³/mol. The molecule has 1 N–H and O–H groups in total. The van der Waals surface area contributed by atoms with E-state index in [1.54, 1.807) is 26.0 Å². The lowest BCUT2D eigenvalue weighted by Crippen LogP contribution is -2.43. The maximum absolute atomic E-state index is 11.9. The van der Waals surface area contributed by atoms with Crippen LogP contribution in [0.2, 0.25) is 5.02 Å². The van der Waals surface area contributed by atoms with E-state index in [0.717, 1.165) is 24.1 Å². The van der Waals surface area contributed by atoms with Gasteiger partial charge in [-0.3, -0.25) is 4.98 Å². The van der Waals surface area contributed by atoms with Gasteiger partial charge >= 0.3 is 6.09 Å². The summed E-state index contributed by atoms with van der Waals surface area (Å²) in [6, 6.07) is 9.29. The Kier molecular flexibility index (Phi) is 4.60. The van der Waals surface area contributed by atoms with Crippen LogP contribution in [0.15, 0.2) is 30.5 Å². The third-order valence-electron chi connectivity index (χ3n) is 3.73. The molecule has 1 fully saturated rings. The van der Waals surface area contributed by atoms with Crippen LogP contribution in [0.25, 0.3) is 11.3 Å². The second-order valence-electron chi connectivity index (χ2n) is 6.48. The monoisotopic (exact) mass is 356 g/mol. The van der Waals surface area contributed by atoms with Gasteiger partial charge in [0.25, 0.3) is 0 Å². The number of carbonyl (C=O) groups excluding carboxylic acids is 1. The van der Waals surface area contributed by atoms with Crippen LogP contribution in [0.4, 0.5) is 4.79 Å². The first-order valence-corrected chi connectivity index (χ1v) is 8.30. The third kappa shape index (κ3) is 4.25. The lowest BCUT2D eigenvalue weighted by molar-refractivity contribution is 0.191. The van der Waals surface area contributed by atoms with Crippen LogP contribution in [0.1, 0.15) is 38.3 Å². The summed E-state index contributed by atoms with van der Waals surface area (Å²) in [5.74, 6) is 0.451. The summed E-state index contributed by atoms with van der Waals surface area (Å²) in [5.41, 5.74) is 1.33. The Bertz CT molecular complexity index is 856. The molecular weight excluding hydrogens is 340 g/mol. The number of nitrogens with zero attached hydrogens (tertiary/aromatic N) is 3. The first-order valence-electron chi connectivity index (χ1n) is 7.92. The predicted octanol–water partition coefficient (Wildman–Crippen LogP) is 4.06. The van der Waals surface area contributed by atoms with Crippen LogP contribution < -0.4 is 10.1 Å². The number of nitriles is 1. The maximum atomic E-state index is 11.9. The van der Waals surface area contributed by atoms with Gasteiger partial charge in [0.15, 0.2) is 0 Å². The summed E-state index contributed by atoms with van der Waals surface area (Å²) in [6.07, 6.45) is 2.82. The van der Waals surface area contributed by atoms with Gasteiger partial charge in [-0.25, -0.2) is 9.78 Å². The molecule has 1 amide bonds. The number of carbonyl (C=O) groups is 1. The van der Waals surface area contributed by atoms with Crippen molar-refractivity contribution in [3.05, 3.63) is 41.2 Å². The molecule has 0 atom stereocenters. The summed E-state index contributed by atoms with van der Waals surface area (Å²) in [4.78, 5) is 20.8. The Morgan fingerprint density at radius 2 is 2.20 bits per heavy atom. The first-order chi connectivity index (χ1) is 11.9. The molecule has 1 aliphatic carbocycles. The quantitative estimate of drug-likeness (QED) is 0.892. The van der Waals surface area contributed by atoms with Gasteiger partial charge in [-0.1, -0.05) is 23.7 Å². The molecule has 0 aliphatic heterocycles. The van der Waals surface area contributed by atoms with Gasteiger partial charge in [-0.2, -0.15) is 5.26 Å². The van der Waals surface area contributed by atoms with Gasteiger partial charge in [0.1, 0.15) is 5.54 Å². The van der Waals surface area contributed by atoms with Gasteiger partial charge in [-0.15, -0.1) is 0 Å². The molecule has 0 saturated heterocycles. The van der Waals surface area contributed by atoms with Crippen LogP contribution >= 0.6 is 11.6 Å². The van der Waals surface area contributed by atoms with Crippen molar-refractivity contribution in [2.45, 2.75) is 38.1 Å². The molecule has 0 unspecified atom stereocenters. The average Bonchev–Trinajstić information content (AvgIpc) is 3.39. The van der Waals surface area contributed by atoms with Crippen LogP contribution in [0, 0.1) is 11.3 Å². The minimum atomic E-state index is -1.03. The largest absolute Gasteiger partial charge is 0.415 e. The van der Waals surface area contributed by atoms with E-state index in [9.17, 15) is 4.79 Å². The maximum Gasteiger partial charge on any atom is 0.415 e. The Labute approximate surface area is 150 Å². The number of nitrogens with one attached hydrogen (secondary N) is 1. The lowest BCUT2D eigenvalue weighted by atomic mass is 10.1. The van der Waals surface area contributed by atoms with Crippen molar-refractivity contribution in [1.29, 1.82) is 5.26 Å². The average molecular weight is 357 g/mol. The zero-order valence-electron chi connectivity index (χ0n) is 13.9. The fourth-order valence-corrected chi connectivity index (χ4v) is 2.53. The van der Waals surface area contributed by atoms with E-state index in [1.165, 1.54) is 6.20 Å². The molecule has 0 spiro atoms. The number of benzene rings is 1. The summed E-state index contributed by atoms with van der Waals surface area (Å²) in [5, 5.41) is 12.0. The molecule has 1 aromatic heterocycles. The summed E-state index contributed by atoms with van der Waals surface area (Å²) in [7, 11) is 0. The third-order valence-corrected chi connectivity index (χ3v) is 3.97. The molecule has 1 aliphatic rings. The van der Waals surface area contributed by atoms with Gasteiger partial charge in [0, 0.05) is 16.5 Å². The van der Waals surface area contributed by atoms with E-state index in [-0.39, 0.29) is 5.88 Å². The Morgan fingerprint density at radius 3 is 2.84 bits per heavy atom. The van der Waals surface area contributed by atoms with Gasteiger partial charge in [0.05, 0.1) is 23.7 Å². The molecule has 1 saturated carbocycles. The molecule has 2 aromatic rings. The van der Waals surface area contributed by atoms with Crippen LogP contribution in [0.5, 0.6) is 5.88 Å². The number of halogens is 1. The Balaban J connectivity index is 1.89. The minimum Gasteiger partial charge on any atom is -0.390 e. The fraction of sp³-hybridized carbons (Fsp3) is 0.333. The molecule has 25 heavy (non-hydrogen) atoms. The SMILES string of the molecule is CC(C)(C#N)NC(=O)Oc1cnc(C2CC2)c(-c2cccc(Cl)c2)n1. The van der Waals surface area contributed by atoms with E-state index in [0.29, 0.717) is 16.6 Å². The van der Waals surface area contributed by atoms with Crippen LogP contribution in [0.3, 0.4) is 0 Å². The van der Waals surface area contributed by atoms with Crippen LogP contribution in [-0.4, -0.2) is 21.6 Å². The Morgan fingerprint density at radius 1 is 1.44 bits per heavy atom. The molecule has 7 heteroatoms. The highest BCUT2D eigenvalue weighted by atomic mass is 35.5. The van der Waals surface area contributed by atoms with Crippen molar-refractivity contribution in [3.8, 4) is 23.2 Å². The second kappa shape index (κ2) is 6.69. The lowest BCUT2D eigenvalue weighted by Gasteiger charge is -2.17. The first kappa shape index (κ1) is 17.2. The minimum absolute atomic E-state index is 0.0746. The molecule has 128 valence electrons. The van der Waals surface area contributed by atoms with Crippen molar-refractivity contribution in [3.63, 3.8) is 0 Å². The zero-order valence-corrected chi connectivity index (χ0v) is 14.7. The van der Waals surface area contributed by atoms with E-state index in [1.807, 2.05) is 18.2 Å². The van der Waals surface area contributed by atoms with E-state index < -0.39 is 11.6 Å². The number of hydrogen-bond donors (Lipinski definition) is 1. The Hall–Kier alpha value is -2.65. The number of amides is 1. The molecule has 6 nitrogen and oxygen atoms in total. The van der Waals surface area contributed by atoms with Crippen LogP contribution in [-0.2, 0) is 0 Å². The summed E-state index contributed by atoms with van der Waals surface area (Å²) in [6.45, 7) is 3.15. The molecule has 0 radical (unpaired) electrons. The summed E-state index contributed by atoms with van der Waals surface area (Å²) >= 11 is 6.08. The van der Waals surface area contributed by atoms with Gasteiger partial charge in [-0.05, 0) is 38.8 Å². The molecule has 1 aromatic carbocycles. The van der Waals surface area contributed by atoms with Crippen molar-refractivity contribution in [2.75, 3.05) is 0 Å². The highest BCUT2D eigenvalue weighted by molar-refractivity contribution is 6.30. The highest BCUT2D eigenvalue weighted by Gasteiger charge is 2.29. The van der Waals surface area contributed by atoms with Gasteiger partial charge in [0.2, 0.25) is 5.88 Å². The standard InChI is InChI=1S/C18H17ClN4O2/c1-18(2,10-20)23-17(24)25-14-9-21-15(11-6-7-11)16(22-14)12-4-3-5-13(19)8-12/h3-5,8-9,11H,6-7H2,1-2H3,(H,23,24). The van der Waals surface area contributed by atoms with E-state index in [2.05, 4.69) is 15.3 Å². The highest BCUT2D eigenvalue weighted by Crippen LogP contribution is 2.43. The van der Waals surface area contributed by atoms with Gasteiger partial charge < -0.3 is 10.1 Å². The van der Waals surface area contributed by atoms with Crippen molar-refractivity contribution in [2.24, 2.45) is 0 Å². The molecule has 3 rings (SSSR count).